The van der Waals surface area contributed by atoms with Gasteiger partial charge in [0.25, 0.3) is 11.5 Å². The summed E-state index contributed by atoms with van der Waals surface area (Å²) < 4.78 is 1.77. The summed E-state index contributed by atoms with van der Waals surface area (Å²) in [4.78, 5) is 49.5. The topological polar surface area (TPSA) is 135 Å². The summed E-state index contributed by atoms with van der Waals surface area (Å²) in [7, 11) is 0. The van der Waals surface area contributed by atoms with Crippen LogP contribution in [-0.2, 0) is 17.8 Å². The van der Waals surface area contributed by atoms with Gasteiger partial charge in [0.2, 0.25) is 5.91 Å². The highest BCUT2D eigenvalue weighted by Crippen LogP contribution is 2.29. The zero-order valence-electron chi connectivity index (χ0n) is 20.6. The minimum absolute atomic E-state index is 0.0341. The molecule has 0 saturated carbocycles. The van der Waals surface area contributed by atoms with Crippen molar-refractivity contribution in [2.75, 3.05) is 5.32 Å². The first-order chi connectivity index (χ1) is 17.2. The van der Waals surface area contributed by atoms with E-state index in [0.29, 0.717) is 46.5 Å². The van der Waals surface area contributed by atoms with Crippen LogP contribution in [0.4, 0.5) is 5.82 Å². The molecule has 1 aliphatic heterocycles. The maximum atomic E-state index is 13.4. The second-order valence-electron chi connectivity index (χ2n) is 9.38. The monoisotopic (exact) mass is 485 g/mol. The molecule has 10 heteroatoms. The van der Waals surface area contributed by atoms with Crippen LogP contribution in [0.15, 0.2) is 35.4 Å². The Labute approximate surface area is 207 Å². The van der Waals surface area contributed by atoms with Crippen LogP contribution >= 0.6 is 0 Å². The molecule has 184 valence electrons. The van der Waals surface area contributed by atoms with Gasteiger partial charge in [-0.2, -0.15) is 5.10 Å². The molecule has 0 radical (unpaired) electrons. The summed E-state index contributed by atoms with van der Waals surface area (Å²) >= 11 is 0. The fourth-order valence-electron chi connectivity index (χ4n) is 4.49. The summed E-state index contributed by atoms with van der Waals surface area (Å²) in [6.07, 6.45) is 4.28. The minimum Gasteiger partial charge on any atom is -0.348 e. The van der Waals surface area contributed by atoms with Gasteiger partial charge in [-0.25, -0.2) is 14.6 Å². The van der Waals surface area contributed by atoms with Gasteiger partial charge in [-0.05, 0) is 63.4 Å². The van der Waals surface area contributed by atoms with Gasteiger partial charge in [-0.1, -0.05) is 0 Å². The van der Waals surface area contributed by atoms with Gasteiger partial charge in [-0.3, -0.25) is 14.4 Å². The number of carbonyl (C=O) groups excluding carboxylic acids is 2. The van der Waals surface area contributed by atoms with Gasteiger partial charge in [0, 0.05) is 42.0 Å². The van der Waals surface area contributed by atoms with Crippen LogP contribution in [0.25, 0.3) is 22.3 Å². The van der Waals surface area contributed by atoms with Gasteiger partial charge in [0.15, 0.2) is 5.65 Å². The molecule has 0 fully saturated rings. The van der Waals surface area contributed by atoms with Crippen LogP contribution in [-0.4, -0.2) is 36.5 Å². The maximum Gasteiger partial charge on any atom is 0.253 e. The van der Waals surface area contributed by atoms with Gasteiger partial charge in [0.1, 0.15) is 5.82 Å². The number of carbonyl (C=O) groups is 2. The molecule has 1 aliphatic rings. The number of hydrogen-bond acceptors (Lipinski definition) is 6. The van der Waals surface area contributed by atoms with Crippen molar-refractivity contribution >= 4 is 28.7 Å². The van der Waals surface area contributed by atoms with Crippen molar-refractivity contribution in [1.82, 2.24) is 30.0 Å². The van der Waals surface area contributed by atoms with Gasteiger partial charge in [-0.15, -0.1) is 0 Å². The average molecular weight is 486 g/mol. The molecular formula is C26H27N7O3. The van der Waals surface area contributed by atoms with Crippen molar-refractivity contribution in [3.8, 4) is 11.3 Å². The van der Waals surface area contributed by atoms with Crippen LogP contribution in [0.1, 0.15) is 59.1 Å². The molecule has 0 unspecified atom stereocenters. The molecule has 0 saturated heterocycles. The Morgan fingerprint density at radius 3 is 2.69 bits per heavy atom. The van der Waals surface area contributed by atoms with E-state index in [1.807, 2.05) is 39.8 Å². The Kier molecular flexibility index (Phi) is 5.87. The SMILES string of the molecule is Cc1cc(C)c(CNC(=O)c2cc(-c3cnc4c(c3)CCC(=O)N4)nc3c2cnn3C(C)C)c(=O)[nH]1. The van der Waals surface area contributed by atoms with E-state index in [1.54, 1.807) is 23.1 Å². The summed E-state index contributed by atoms with van der Waals surface area (Å²) in [5.41, 5.74) is 5.12. The van der Waals surface area contributed by atoms with Crippen molar-refractivity contribution < 1.29 is 9.59 Å². The first-order valence-electron chi connectivity index (χ1n) is 11.9. The molecule has 2 amide bonds. The summed E-state index contributed by atoms with van der Waals surface area (Å²) in [6.45, 7) is 7.76. The fourth-order valence-corrected chi connectivity index (χ4v) is 4.49. The van der Waals surface area contributed by atoms with Gasteiger partial charge >= 0.3 is 0 Å². The summed E-state index contributed by atoms with van der Waals surface area (Å²) in [5, 5.41) is 10.8. The molecule has 10 nitrogen and oxygen atoms in total. The number of fused-ring (bicyclic) bond motifs is 2. The number of nitrogens with one attached hydrogen (secondary N) is 3. The zero-order chi connectivity index (χ0) is 25.6. The molecule has 4 aromatic heterocycles. The fraction of sp³-hybridized carbons (Fsp3) is 0.308. The number of anilines is 1. The summed E-state index contributed by atoms with van der Waals surface area (Å²) in [6, 6.07) is 5.58. The van der Waals surface area contributed by atoms with E-state index >= 15 is 0 Å². The third-order valence-corrected chi connectivity index (χ3v) is 6.36. The van der Waals surface area contributed by atoms with E-state index in [4.69, 9.17) is 4.98 Å². The van der Waals surface area contributed by atoms with Crippen LogP contribution in [0, 0.1) is 13.8 Å². The zero-order valence-corrected chi connectivity index (χ0v) is 20.6. The second-order valence-corrected chi connectivity index (χ2v) is 9.38. The van der Waals surface area contributed by atoms with Crippen molar-refractivity contribution in [2.24, 2.45) is 0 Å². The lowest BCUT2D eigenvalue weighted by Crippen LogP contribution is -2.28. The third kappa shape index (κ3) is 4.26. The molecular weight excluding hydrogens is 458 g/mol. The van der Waals surface area contributed by atoms with E-state index in [9.17, 15) is 14.4 Å². The van der Waals surface area contributed by atoms with Crippen LogP contribution < -0.4 is 16.2 Å². The standard InChI is InChI=1S/C26H27N7O3/c1-13(2)33-24-20(12-29-33)18(25(35)28-11-19-14(3)7-15(4)30-26(19)36)9-21(31-24)17-8-16-5-6-22(34)32-23(16)27-10-17/h7-10,12-13H,5-6,11H2,1-4H3,(H,28,35)(H,30,36)(H,27,32,34). The quantitative estimate of drug-likeness (QED) is 0.397. The van der Waals surface area contributed by atoms with Crippen LogP contribution in [0.5, 0.6) is 0 Å². The molecule has 0 aliphatic carbocycles. The lowest BCUT2D eigenvalue weighted by atomic mass is 10.0. The van der Waals surface area contributed by atoms with Crippen LogP contribution in [0.2, 0.25) is 0 Å². The Morgan fingerprint density at radius 1 is 1.14 bits per heavy atom. The van der Waals surface area contributed by atoms with E-state index in [-0.39, 0.29) is 30.0 Å². The van der Waals surface area contributed by atoms with Crippen LogP contribution in [0.3, 0.4) is 0 Å². The Hall–Kier alpha value is -4.34. The first-order valence-corrected chi connectivity index (χ1v) is 11.9. The highest BCUT2D eigenvalue weighted by molar-refractivity contribution is 6.06. The predicted octanol–water partition coefficient (Wildman–Crippen LogP) is 3.19. The number of aromatic amines is 1. The van der Waals surface area contributed by atoms with E-state index < -0.39 is 0 Å². The van der Waals surface area contributed by atoms with Crippen molar-refractivity contribution in [1.29, 1.82) is 0 Å². The number of rotatable bonds is 5. The van der Waals surface area contributed by atoms with E-state index in [0.717, 1.165) is 22.4 Å². The lowest BCUT2D eigenvalue weighted by molar-refractivity contribution is -0.116. The largest absolute Gasteiger partial charge is 0.348 e. The van der Waals surface area contributed by atoms with Gasteiger partial charge < -0.3 is 15.6 Å². The Balaban J connectivity index is 1.55. The van der Waals surface area contributed by atoms with E-state index in [1.165, 1.54) is 0 Å². The first kappa shape index (κ1) is 23.4. The normalized spacial score (nSPS) is 13.1. The lowest BCUT2D eigenvalue weighted by Gasteiger charge is -2.16. The number of amides is 2. The molecule has 0 bridgehead atoms. The Bertz CT molecular complexity index is 1580. The maximum absolute atomic E-state index is 13.4. The highest BCUT2D eigenvalue weighted by Gasteiger charge is 2.21. The van der Waals surface area contributed by atoms with E-state index in [2.05, 4.69) is 25.7 Å². The third-order valence-electron chi connectivity index (χ3n) is 6.36. The second kappa shape index (κ2) is 9.03. The molecule has 4 aromatic rings. The minimum atomic E-state index is -0.329. The smallest absolute Gasteiger partial charge is 0.253 e. The summed E-state index contributed by atoms with van der Waals surface area (Å²) in [5.74, 6) is 0.175. The number of aromatic nitrogens is 5. The molecule has 3 N–H and O–H groups in total. The van der Waals surface area contributed by atoms with Crippen molar-refractivity contribution in [2.45, 2.75) is 53.1 Å². The Morgan fingerprint density at radius 2 is 1.94 bits per heavy atom. The highest BCUT2D eigenvalue weighted by atomic mass is 16.2. The number of hydrogen-bond donors (Lipinski definition) is 3. The molecule has 0 atom stereocenters. The number of aryl methyl sites for hydroxylation is 3. The molecule has 0 spiro atoms. The predicted molar refractivity (Wildman–Crippen MR) is 136 cm³/mol. The van der Waals surface area contributed by atoms with Crippen molar-refractivity contribution in [3.63, 3.8) is 0 Å². The molecule has 5 rings (SSSR count). The number of H-pyrrole nitrogens is 1. The number of pyridine rings is 3. The molecule has 5 heterocycles. The average Bonchev–Trinajstić information content (AvgIpc) is 3.26. The number of nitrogens with zero attached hydrogens (tertiary/aromatic N) is 4. The molecule has 0 aromatic carbocycles. The van der Waals surface area contributed by atoms with Gasteiger partial charge in [0.05, 0.1) is 22.8 Å². The molecule has 36 heavy (non-hydrogen) atoms. The van der Waals surface area contributed by atoms with Crippen molar-refractivity contribution in [3.05, 3.63) is 68.9 Å².